The molecular weight excluding hydrogens is 369 g/mol. The summed E-state index contributed by atoms with van der Waals surface area (Å²) in [6, 6.07) is 11.6. The van der Waals surface area contributed by atoms with E-state index in [0.717, 1.165) is 27.9 Å². The van der Waals surface area contributed by atoms with Crippen LogP contribution in [-0.2, 0) is 6.54 Å². The van der Waals surface area contributed by atoms with Crippen molar-refractivity contribution in [1.29, 1.82) is 0 Å². The Bertz CT molecular complexity index is 872. The Morgan fingerprint density at radius 1 is 1.25 bits per heavy atom. The zero-order chi connectivity index (χ0) is 16.7. The van der Waals surface area contributed by atoms with Gasteiger partial charge in [-0.3, -0.25) is 4.90 Å². The van der Waals surface area contributed by atoms with E-state index in [4.69, 9.17) is 4.98 Å². The Morgan fingerprint density at radius 3 is 2.79 bits per heavy atom. The maximum Gasteiger partial charge on any atom is 0.137 e. The standard InChI is InChI=1S/C19H19BrFN3/c1-13(17-4-2-3-5-18(17)21)24(16-7-8-16)12-15-11-23-10-14(20)6-9-19(23)22-15/h2-6,9-11,13,16H,7-8,12H2,1H3. The molecule has 0 radical (unpaired) electrons. The van der Waals surface area contributed by atoms with E-state index >= 15 is 0 Å². The van der Waals surface area contributed by atoms with Crippen LogP contribution in [0.15, 0.2) is 53.3 Å². The molecule has 1 saturated carbocycles. The maximum absolute atomic E-state index is 14.2. The van der Waals surface area contributed by atoms with Crippen molar-refractivity contribution in [3.8, 4) is 0 Å². The van der Waals surface area contributed by atoms with E-state index in [2.05, 4.69) is 34.0 Å². The van der Waals surface area contributed by atoms with Crippen LogP contribution in [0.5, 0.6) is 0 Å². The second-order valence-corrected chi connectivity index (χ2v) is 7.36. The normalized spacial score (nSPS) is 16.0. The molecule has 0 spiro atoms. The lowest BCUT2D eigenvalue weighted by molar-refractivity contribution is 0.185. The summed E-state index contributed by atoms with van der Waals surface area (Å²) in [7, 11) is 0. The predicted molar refractivity (Wildman–Crippen MR) is 96.3 cm³/mol. The SMILES string of the molecule is CC(c1ccccc1F)N(Cc1cn2cc(Br)ccc2n1)C1CC1. The second kappa shape index (κ2) is 6.30. The van der Waals surface area contributed by atoms with Gasteiger partial charge < -0.3 is 4.40 Å². The van der Waals surface area contributed by atoms with Crippen molar-refractivity contribution in [2.24, 2.45) is 0 Å². The number of benzene rings is 1. The minimum Gasteiger partial charge on any atom is -0.306 e. The van der Waals surface area contributed by atoms with Crippen LogP contribution in [0.2, 0.25) is 0 Å². The number of rotatable bonds is 5. The van der Waals surface area contributed by atoms with Gasteiger partial charge in [0.05, 0.1) is 5.69 Å². The number of imidazole rings is 1. The summed E-state index contributed by atoms with van der Waals surface area (Å²) in [5.41, 5.74) is 2.71. The molecule has 0 saturated heterocycles. The van der Waals surface area contributed by atoms with Gasteiger partial charge in [-0.05, 0) is 53.9 Å². The first-order chi connectivity index (χ1) is 11.6. The summed E-state index contributed by atoms with van der Waals surface area (Å²) in [5, 5.41) is 0. The number of hydrogen-bond donors (Lipinski definition) is 0. The van der Waals surface area contributed by atoms with E-state index in [-0.39, 0.29) is 11.9 Å². The lowest BCUT2D eigenvalue weighted by Crippen LogP contribution is -2.29. The number of aromatic nitrogens is 2. The monoisotopic (exact) mass is 387 g/mol. The predicted octanol–water partition coefficient (Wildman–Crippen LogP) is 4.96. The smallest absolute Gasteiger partial charge is 0.137 e. The van der Waals surface area contributed by atoms with Crippen molar-refractivity contribution in [2.75, 3.05) is 0 Å². The lowest BCUT2D eigenvalue weighted by atomic mass is 10.1. The molecule has 3 aromatic rings. The van der Waals surface area contributed by atoms with Crippen LogP contribution < -0.4 is 0 Å². The van der Waals surface area contributed by atoms with Crippen molar-refractivity contribution < 1.29 is 4.39 Å². The molecule has 24 heavy (non-hydrogen) atoms. The zero-order valence-corrected chi connectivity index (χ0v) is 15.1. The van der Waals surface area contributed by atoms with E-state index in [1.807, 2.05) is 34.9 Å². The Kier molecular flexibility index (Phi) is 4.14. The Labute approximate surface area is 149 Å². The molecule has 0 amide bonds. The highest BCUT2D eigenvalue weighted by atomic mass is 79.9. The molecule has 1 aromatic carbocycles. The van der Waals surface area contributed by atoms with Crippen molar-refractivity contribution in [3.05, 3.63) is 70.3 Å². The summed E-state index contributed by atoms with van der Waals surface area (Å²) >= 11 is 3.49. The van der Waals surface area contributed by atoms with Gasteiger partial charge >= 0.3 is 0 Å². The van der Waals surface area contributed by atoms with Crippen LogP contribution in [0.1, 0.15) is 37.1 Å². The summed E-state index contributed by atoms with van der Waals surface area (Å²) in [6.07, 6.45) is 6.42. The fraction of sp³-hybridized carbons (Fsp3) is 0.316. The van der Waals surface area contributed by atoms with Crippen molar-refractivity contribution in [3.63, 3.8) is 0 Å². The average molecular weight is 388 g/mol. The largest absolute Gasteiger partial charge is 0.306 e. The van der Waals surface area contributed by atoms with Crippen molar-refractivity contribution >= 4 is 21.6 Å². The van der Waals surface area contributed by atoms with Gasteiger partial charge in [-0.15, -0.1) is 0 Å². The van der Waals surface area contributed by atoms with E-state index < -0.39 is 0 Å². The molecule has 3 nitrogen and oxygen atoms in total. The van der Waals surface area contributed by atoms with Gasteiger partial charge in [-0.25, -0.2) is 9.37 Å². The molecule has 4 rings (SSSR count). The number of nitrogens with zero attached hydrogens (tertiary/aromatic N) is 3. The Morgan fingerprint density at radius 2 is 2.04 bits per heavy atom. The first-order valence-corrected chi connectivity index (χ1v) is 9.04. The van der Waals surface area contributed by atoms with Crippen LogP contribution >= 0.6 is 15.9 Å². The number of hydrogen-bond acceptors (Lipinski definition) is 2. The van der Waals surface area contributed by atoms with Gasteiger partial charge in [0.2, 0.25) is 0 Å². The van der Waals surface area contributed by atoms with E-state index in [1.165, 1.54) is 12.8 Å². The Hall–Kier alpha value is -1.72. The molecule has 1 unspecified atom stereocenters. The van der Waals surface area contributed by atoms with Crippen molar-refractivity contribution in [1.82, 2.24) is 14.3 Å². The van der Waals surface area contributed by atoms with Gasteiger partial charge in [0.1, 0.15) is 11.5 Å². The first kappa shape index (κ1) is 15.8. The van der Waals surface area contributed by atoms with Gasteiger partial charge in [0, 0.05) is 41.1 Å². The molecule has 124 valence electrons. The van der Waals surface area contributed by atoms with Gasteiger partial charge in [0.25, 0.3) is 0 Å². The fourth-order valence-corrected chi connectivity index (χ4v) is 3.61. The third-order valence-electron chi connectivity index (χ3n) is 4.68. The molecule has 2 heterocycles. The molecule has 2 aromatic heterocycles. The average Bonchev–Trinajstić information content (AvgIpc) is 3.33. The highest BCUT2D eigenvalue weighted by Crippen LogP contribution is 2.36. The topological polar surface area (TPSA) is 20.5 Å². The highest BCUT2D eigenvalue weighted by Gasteiger charge is 2.34. The molecule has 1 aliphatic rings. The summed E-state index contributed by atoms with van der Waals surface area (Å²) in [4.78, 5) is 7.08. The first-order valence-electron chi connectivity index (χ1n) is 8.25. The molecular formula is C19H19BrFN3. The van der Waals surface area contributed by atoms with Crippen LogP contribution in [0.25, 0.3) is 5.65 Å². The van der Waals surface area contributed by atoms with Crippen LogP contribution in [0.3, 0.4) is 0 Å². The second-order valence-electron chi connectivity index (χ2n) is 6.45. The molecule has 0 N–H and O–H groups in total. The molecule has 5 heteroatoms. The van der Waals surface area contributed by atoms with Gasteiger partial charge in [-0.2, -0.15) is 0 Å². The summed E-state index contributed by atoms with van der Waals surface area (Å²) in [5.74, 6) is -0.130. The number of fused-ring (bicyclic) bond motifs is 1. The van der Waals surface area contributed by atoms with E-state index in [9.17, 15) is 4.39 Å². The molecule has 1 atom stereocenters. The summed E-state index contributed by atoms with van der Waals surface area (Å²) < 4.78 is 17.2. The van der Waals surface area contributed by atoms with Gasteiger partial charge in [0.15, 0.2) is 0 Å². The zero-order valence-electron chi connectivity index (χ0n) is 13.5. The number of halogens is 2. The van der Waals surface area contributed by atoms with E-state index in [0.29, 0.717) is 6.04 Å². The molecule has 1 fully saturated rings. The fourth-order valence-electron chi connectivity index (χ4n) is 3.26. The van der Waals surface area contributed by atoms with Crippen LogP contribution in [-0.4, -0.2) is 20.3 Å². The third-order valence-corrected chi connectivity index (χ3v) is 5.15. The maximum atomic E-state index is 14.2. The minimum absolute atomic E-state index is 0.0373. The number of pyridine rings is 1. The Balaban J connectivity index is 1.62. The summed E-state index contributed by atoms with van der Waals surface area (Å²) in [6.45, 7) is 2.82. The lowest BCUT2D eigenvalue weighted by Gasteiger charge is -2.29. The molecule has 0 bridgehead atoms. The van der Waals surface area contributed by atoms with Crippen LogP contribution in [0.4, 0.5) is 4.39 Å². The molecule has 1 aliphatic carbocycles. The van der Waals surface area contributed by atoms with Gasteiger partial charge in [-0.1, -0.05) is 18.2 Å². The third kappa shape index (κ3) is 3.10. The molecule has 0 aliphatic heterocycles. The van der Waals surface area contributed by atoms with Crippen LogP contribution in [0, 0.1) is 5.82 Å². The minimum atomic E-state index is -0.130. The van der Waals surface area contributed by atoms with Crippen molar-refractivity contribution in [2.45, 2.75) is 38.4 Å². The highest BCUT2D eigenvalue weighted by molar-refractivity contribution is 9.10. The van der Waals surface area contributed by atoms with E-state index in [1.54, 1.807) is 12.1 Å². The quantitative estimate of drug-likeness (QED) is 0.616.